The van der Waals surface area contributed by atoms with E-state index in [2.05, 4.69) is 22.9 Å². The summed E-state index contributed by atoms with van der Waals surface area (Å²) in [4.78, 5) is 23.6. The van der Waals surface area contributed by atoms with Gasteiger partial charge in [-0.25, -0.2) is 0 Å². The number of thiocarbonyl (C=S) groups is 1. The third-order valence-electron chi connectivity index (χ3n) is 4.30. The van der Waals surface area contributed by atoms with Crippen molar-refractivity contribution in [3.8, 4) is 5.75 Å². The molecule has 2 aromatic carbocycles. The Bertz CT molecular complexity index is 853. The molecule has 0 saturated heterocycles. The highest BCUT2D eigenvalue weighted by Gasteiger charge is 2.09. The number of rotatable bonds is 10. The number of amides is 2. The molecule has 0 aliphatic heterocycles. The normalized spacial score (nSPS) is 10.2. The summed E-state index contributed by atoms with van der Waals surface area (Å²) in [5.74, 6) is 0.279. The Balaban J connectivity index is 1.79. The number of hydrogen-bond acceptors (Lipinski definition) is 4. The van der Waals surface area contributed by atoms with E-state index in [1.807, 2.05) is 0 Å². The molecule has 6 nitrogen and oxygen atoms in total. The molecule has 0 atom stereocenters. The lowest BCUT2D eigenvalue weighted by molar-refractivity contribution is -0.114. The number of ether oxygens (including phenoxy) is 1. The summed E-state index contributed by atoms with van der Waals surface area (Å²) < 4.78 is 5.72. The molecular weight excluding hydrogens is 398 g/mol. The summed E-state index contributed by atoms with van der Waals surface area (Å²) in [6.07, 6.45) is 5.94. The minimum atomic E-state index is -0.309. The van der Waals surface area contributed by atoms with Gasteiger partial charge in [-0.3, -0.25) is 14.9 Å². The van der Waals surface area contributed by atoms with Crippen LogP contribution in [0.5, 0.6) is 5.75 Å². The number of nitrogens with one attached hydrogen (secondary N) is 3. The zero-order valence-corrected chi connectivity index (χ0v) is 18.3. The van der Waals surface area contributed by atoms with Crippen molar-refractivity contribution in [3.05, 3.63) is 54.1 Å². The molecule has 0 saturated carbocycles. The first kappa shape index (κ1) is 23.3. The van der Waals surface area contributed by atoms with Crippen molar-refractivity contribution in [3.63, 3.8) is 0 Å². The second-order valence-corrected chi connectivity index (χ2v) is 7.37. The van der Waals surface area contributed by atoms with Gasteiger partial charge in [0.25, 0.3) is 5.91 Å². The van der Waals surface area contributed by atoms with Crippen LogP contribution in [0, 0.1) is 0 Å². The molecule has 0 spiro atoms. The number of unbranched alkanes of at least 4 members (excludes halogenated alkanes) is 4. The van der Waals surface area contributed by atoms with Gasteiger partial charge in [0, 0.05) is 23.9 Å². The number of benzene rings is 2. The molecule has 0 aliphatic carbocycles. The fraction of sp³-hybridized carbons (Fsp3) is 0.348. The van der Waals surface area contributed by atoms with Crippen molar-refractivity contribution in [1.29, 1.82) is 0 Å². The average Bonchev–Trinajstić information content (AvgIpc) is 2.70. The van der Waals surface area contributed by atoms with Gasteiger partial charge in [-0.2, -0.15) is 0 Å². The third kappa shape index (κ3) is 8.61. The van der Waals surface area contributed by atoms with Crippen LogP contribution in [0.25, 0.3) is 0 Å². The first-order chi connectivity index (χ1) is 14.5. The minimum absolute atomic E-state index is 0.160. The van der Waals surface area contributed by atoms with Gasteiger partial charge in [-0.15, -0.1) is 0 Å². The summed E-state index contributed by atoms with van der Waals surface area (Å²) in [5, 5.41) is 8.46. The molecule has 2 aromatic rings. The highest BCUT2D eigenvalue weighted by molar-refractivity contribution is 7.80. The predicted octanol–water partition coefficient (Wildman–Crippen LogP) is 5.12. The van der Waals surface area contributed by atoms with Crippen LogP contribution in [-0.2, 0) is 4.79 Å². The molecule has 0 radical (unpaired) electrons. The quantitative estimate of drug-likeness (QED) is 0.362. The molecule has 7 heteroatoms. The molecule has 0 heterocycles. The average molecular weight is 428 g/mol. The zero-order valence-electron chi connectivity index (χ0n) is 17.5. The lowest BCUT2D eigenvalue weighted by Gasteiger charge is -2.11. The van der Waals surface area contributed by atoms with E-state index in [9.17, 15) is 9.59 Å². The summed E-state index contributed by atoms with van der Waals surface area (Å²) in [6.45, 7) is 4.32. The second-order valence-electron chi connectivity index (χ2n) is 6.96. The smallest absolute Gasteiger partial charge is 0.257 e. The third-order valence-corrected chi connectivity index (χ3v) is 4.51. The van der Waals surface area contributed by atoms with E-state index in [0.29, 0.717) is 23.5 Å². The van der Waals surface area contributed by atoms with Gasteiger partial charge in [0.05, 0.1) is 6.61 Å². The molecule has 0 aromatic heterocycles. The molecule has 0 bridgehead atoms. The lowest BCUT2D eigenvalue weighted by atomic mass is 10.2. The summed E-state index contributed by atoms with van der Waals surface area (Å²) in [6, 6.07) is 14.1. The Hall–Kier alpha value is -2.93. The van der Waals surface area contributed by atoms with E-state index >= 15 is 0 Å². The molecule has 3 N–H and O–H groups in total. The van der Waals surface area contributed by atoms with Gasteiger partial charge in [-0.1, -0.05) is 38.7 Å². The van der Waals surface area contributed by atoms with Crippen molar-refractivity contribution in [2.45, 2.75) is 46.0 Å². The van der Waals surface area contributed by atoms with Gasteiger partial charge in [-0.05, 0) is 61.1 Å². The molecular formula is C23H29N3O3S. The van der Waals surface area contributed by atoms with Crippen molar-refractivity contribution < 1.29 is 14.3 Å². The van der Waals surface area contributed by atoms with Crippen LogP contribution in [0.3, 0.4) is 0 Å². The second kappa shape index (κ2) is 12.6. The molecule has 0 fully saturated rings. The van der Waals surface area contributed by atoms with Crippen LogP contribution < -0.4 is 20.7 Å². The minimum Gasteiger partial charge on any atom is -0.494 e. The topological polar surface area (TPSA) is 79.5 Å². The summed E-state index contributed by atoms with van der Waals surface area (Å²) in [5.41, 5.74) is 1.79. The maximum Gasteiger partial charge on any atom is 0.257 e. The van der Waals surface area contributed by atoms with E-state index < -0.39 is 0 Å². The van der Waals surface area contributed by atoms with Crippen LogP contribution >= 0.6 is 12.2 Å². The first-order valence-electron chi connectivity index (χ1n) is 10.2. The van der Waals surface area contributed by atoms with Crippen molar-refractivity contribution in [1.82, 2.24) is 5.32 Å². The monoisotopic (exact) mass is 427 g/mol. The fourth-order valence-electron chi connectivity index (χ4n) is 2.81. The van der Waals surface area contributed by atoms with E-state index in [1.165, 1.54) is 32.6 Å². The molecule has 0 aliphatic rings. The van der Waals surface area contributed by atoms with Crippen molar-refractivity contribution in [2.24, 2.45) is 0 Å². The highest BCUT2D eigenvalue weighted by atomic mass is 32.1. The largest absolute Gasteiger partial charge is 0.494 e. The Kier molecular flexibility index (Phi) is 9.80. The van der Waals surface area contributed by atoms with Crippen molar-refractivity contribution >= 4 is 40.5 Å². The van der Waals surface area contributed by atoms with Crippen molar-refractivity contribution in [2.75, 3.05) is 17.2 Å². The Labute approximate surface area is 183 Å². The maximum atomic E-state index is 12.4. The highest BCUT2D eigenvalue weighted by Crippen LogP contribution is 2.16. The molecule has 160 valence electrons. The van der Waals surface area contributed by atoms with E-state index in [4.69, 9.17) is 17.0 Å². The van der Waals surface area contributed by atoms with Gasteiger partial charge in [0.1, 0.15) is 5.75 Å². The standard InChI is InChI=1S/C23H29N3O3S/c1-3-4-5-6-7-15-29-21-13-11-18(12-14-21)22(28)26-23(30)25-20-10-8-9-19(16-20)24-17(2)27/h8-14,16H,3-7,15H2,1-2H3,(H,24,27)(H2,25,26,28,30). The lowest BCUT2D eigenvalue weighted by Crippen LogP contribution is -2.34. The zero-order chi connectivity index (χ0) is 21.8. The van der Waals surface area contributed by atoms with E-state index in [0.717, 1.165) is 12.2 Å². The van der Waals surface area contributed by atoms with Gasteiger partial charge < -0.3 is 15.4 Å². The number of carbonyl (C=O) groups is 2. The number of carbonyl (C=O) groups excluding carboxylic acids is 2. The first-order valence-corrected chi connectivity index (χ1v) is 10.6. The molecule has 2 rings (SSSR count). The van der Waals surface area contributed by atoms with Crippen LogP contribution in [0.15, 0.2) is 48.5 Å². The Morgan fingerprint density at radius 2 is 1.60 bits per heavy atom. The SMILES string of the molecule is CCCCCCCOc1ccc(C(=O)NC(=S)Nc2cccc(NC(C)=O)c2)cc1. The number of anilines is 2. The molecule has 2 amide bonds. The van der Waals surface area contributed by atoms with Crippen LogP contribution in [0.1, 0.15) is 56.3 Å². The van der Waals surface area contributed by atoms with Gasteiger partial charge >= 0.3 is 0 Å². The maximum absolute atomic E-state index is 12.4. The molecule has 30 heavy (non-hydrogen) atoms. The fourth-order valence-corrected chi connectivity index (χ4v) is 3.02. The summed E-state index contributed by atoms with van der Waals surface area (Å²) >= 11 is 5.21. The van der Waals surface area contributed by atoms with Gasteiger partial charge in [0.15, 0.2) is 5.11 Å². The molecule has 0 unspecified atom stereocenters. The van der Waals surface area contributed by atoms with Crippen LogP contribution in [0.2, 0.25) is 0 Å². The van der Waals surface area contributed by atoms with E-state index in [-0.39, 0.29) is 16.9 Å². The summed E-state index contributed by atoms with van der Waals surface area (Å²) in [7, 11) is 0. The van der Waals surface area contributed by atoms with Crippen LogP contribution in [-0.4, -0.2) is 23.5 Å². The van der Waals surface area contributed by atoms with E-state index in [1.54, 1.807) is 48.5 Å². The number of hydrogen-bond donors (Lipinski definition) is 3. The predicted molar refractivity (Wildman–Crippen MR) is 125 cm³/mol. The Morgan fingerprint density at radius 3 is 2.27 bits per heavy atom. The Morgan fingerprint density at radius 1 is 0.933 bits per heavy atom. The van der Waals surface area contributed by atoms with Crippen LogP contribution in [0.4, 0.5) is 11.4 Å². The van der Waals surface area contributed by atoms with Gasteiger partial charge in [0.2, 0.25) is 5.91 Å².